The maximum absolute atomic E-state index is 12.5. The van der Waals surface area contributed by atoms with Crippen LogP contribution >= 0.6 is 0 Å². The topological polar surface area (TPSA) is 80.3 Å². The minimum atomic E-state index is -0.461. The quantitative estimate of drug-likeness (QED) is 0.667. The van der Waals surface area contributed by atoms with Crippen LogP contribution < -0.4 is 10.6 Å². The first-order chi connectivity index (χ1) is 13.0. The van der Waals surface area contributed by atoms with Crippen LogP contribution in [-0.2, 0) is 4.74 Å². The van der Waals surface area contributed by atoms with Gasteiger partial charge in [0.05, 0.1) is 30.1 Å². The summed E-state index contributed by atoms with van der Waals surface area (Å²) in [5.41, 5.74) is 4.02. The van der Waals surface area contributed by atoms with Crippen molar-refractivity contribution in [1.82, 2.24) is 4.98 Å². The van der Waals surface area contributed by atoms with Gasteiger partial charge in [-0.05, 0) is 48.9 Å². The van der Waals surface area contributed by atoms with Crippen LogP contribution in [0.25, 0.3) is 0 Å². The zero-order valence-corrected chi connectivity index (χ0v) is 15.0. The number of pyridine rings is 1. The van der Waals surface area contributed by atoms with Crippen LogP contribution in [0.5, 0.6) is 0 Å². The molecular formula is C21H19N3O3. The normalized spacial score (nSPS) is 10.1. The molecule has 27 heavy (non-hydrogen) atoms. The molecule has 1 heterocycles. The van der Waals surface area contributed by atoms with Crippen molar-refractivity contribution in [1.29, 1.82) is 0 Å². The number of hydrogen-bond donors (Lipinski definition) is 2. The molecule has 6 heteroatoms. The predicted molar refractivity (Wildman–Crippen MR) is 104 cm³/mol. The van der Waals surface area contributed by atoms with Crippen LogP contribution in [0.3, 0.4) is 0 Å². The molecule has 0 bridgehead atoms. The first kappa shape index (κ1) is 18.1. The molecule has 1 aromatic heterocycles. The maximum atomic E-state index is 12.5. The van der Waals surface area contributed by atoms with Crippen molar-refractivity contribution in [3.8, 4) is 0 Å². The molecule has 0 spiro atoms. The molecule has 6 nitrogen and oxygen atoms in total. The van der Waals surface area contributed by atoms with Crippen molar-refractivity contribution < 1.29 is 14.3 Å². The molecule has 0 saturated carbocycles. The van der Waals surface area contributed by atoms with E-state index in [9.17, 15) is 9.59 Å². The van der Waals surface area contributed by atoms with E-state index in [0.717, 1.165) is 11.3 Å². The SMILES string of the molecule is COC(=O)c1cccc(NC(=O)c2cncc(Nc3cccc(C)c3)c2)c1. The summed E-state index contributed by atoms with van der Waals surface area (Å²) >= 11 is 0. The van der Waals surface area contributed by atoms with E-state index in [0.29, 0.717) is 22.5 Å². The molecule has 2 aromatic carbocycles. The highest BCUT2D eigenvalue weighted by atomic mass is 16.5. The fraction of sp³-hybridized carbons (Fsp3) is 0.0952. The van der Waals surface area contributed by atoms with Crippen molar-refractivity contribution in [2.45, 2.75) is 6.92 Å². The van der Waals surface area contributed by atoms with E-state index in [-0.39, 0.29) is 5.91 Å². The summed E-state index contributed by atoms with van der Waals surface area (Å²) in [5, 5.41) is 6.00. The van der Waals surface area contributed by atoms with Crippen LogP contribution in [0.1, 0.15) is 26.3 Å². The fourth-order valence-electron chi connectivity index (χ4n) is 2.57. The van der Waals surface area contributed by atoms with Crippen molar-refractivity contribution >= 4 is 28.9 Å². The average molecular weight is 361 g/mol. The molecule has 0 radical (unpaired) electrons. The van der Waals surface area contributed by atoms with E-state index in [1.807, 2.05) is 31.2 Å². The van der Waals surface area contributed by atoms with Crippen molar-refractivity contribution in [2.75, 3.05) is 17.7 Å². The molecule has 1 amide bonds. The summed E-state index contributed by atoms with van der Waals surface area (Å²) in [5.74, 6) is -0.783. The highest BCUT2D eigenvalue weighted by molar-refractivity contribution is 6.05. The second-order valence-electron chi connectivity index (χ2n) is 5.98. The fourth-order valence-corrected chi connectivity index (χ4v) is 2.57. The molecular weight excluding hydrogens is 342 g/mol. The molecule has 136 valence electrons. The van der Waals surface area contributed by atoms with E-state index in [2.05, 4.69) is 15.6 Å². The number of ether oxygens (including phenoxy) is 1. The highest BCUT2D eigenvalue weighted by Gasteiger charge is 2.10. The number of aromatic nitrogens is 1. The van der Waals surface area contributed by atoms with Crippen molar-refractivity contribution in [3.05, 3.63) is 83.7 Å². The van der Waals surface area contributed by atoms with Gasteiger partial charge in [-0.15, -0.1) is 0 Å². The Kier molecular flexibility index (Phi) is 5.47. The van der Waals surface area contributed by atoms with Crippen LogP contribution in [0.2, 0.25) is 0 Å². The molecule has 2 N–H and O–H groups in total. The van der Waals surface area contributed by atoms with Gasteiger partial charge in [0.2, 0.25) is 0 Å². The third-order valence-corrected chi connectivity index (χ3v) is 3.85. The standard InChI is InChI=1S/C21H19N3O3/c1-14-5-3-7-17(9-14)23-19-11-16(12-22-13-19)20(25)24-18-8-4-6-15(10-18)21(26)27-2/h3-13,23H,1-2H3,(H,24,25). The lowest BCUT2D eigenvalue weighted by Crippen LogP contribution is -2.13. The number of rotatable bonds is 5. The van der Waals surface area contributed by atoms with Gasteiger partial charge in [-0.2, -0.15) is 0 Å². The van der Waals surface area contributed by atoms with Gasteiger partial charge in [0.25, 0.3) is 5.91 Å². The lowest BCUT2D eigenvalue weighted by Gasteiger charge is -2.10. The number of carbonyl (C=O) groups is 2. The number of benzene rings is 2. The van der Waals surface area contributed by atoms with Gasteiger partial charge < -0.3 is 15.4 Å². The van der Waals surface area contributed by atoms with Gasteiger partial charge in [-0.25, -0.2) is 4.79 Å². The van der Waals surface area contributed by atoms with E-state index >= 15 is 0 Å². The maximum Gasteiger partial charge on any atom is 0.337 e. The Morgan fingerprint density at radius 3 is 2.41 bits per heavy atom. The molecule has 0 unspecified atom stereocenters. The van der Waals surface area contributed by atoms with Crippen molar-refractivity contribution in [3.63, 3.8) is 0 Å². The van der Waals surface area contributed by atoms with Crippen LogP contribution in [0.15, 0.2) is 67.0 Å². The lowest BCUT2D eigenvalue weighted by molar-refractivity contribution is 0.0600. The summed E-state index contributed by atoms with van der Waals surface area (Å²) in [6, 6.07) is 16.2. The Hall–Kier alpha value is -3.67. The van der Waals surface area contributed by atoms with Crippen LogP contribution in [0.4, 0.5) is 17.1 Å². The second kappa shape index (κ2) is 8.14. The smallest absolute Gasteiger partial charge is 0.337 e. The number of esters is 1. The van der Waals surface area contributed by atoms with Gasteiger partial charge in [0.1, 0.15) is 0 Å². The first-order valence-electron chi connectivity index (χ1n) is 8.33. The molecule has 0 atom stereocenters. The zero-order valence-electron chi connectivity index (χ0n) is 15.0. The molecule has 0 aliphatic heterocycles. The van der Waals surface area contributed by atoms with Gasteiger partial charge in [0, 0.05) is 17.6 Å². The van der Waals surface area contributed by atoms with Gasteiger partial charge in [-0.3, -0.25) is 9.78 Å². The molecule has 0 aliphatic rings. The van der Waals surface area contributed by atoms with Crippen LogP contribution in [-0.4, -0.2) is 24.0 Å². The molecule has 0 aliphatic carbocycles. The summed E-state index contributed by atoms with van der Waals surface area (Å²) in [7, 11) is 1.31. The number of methoxy groups -OCH3 is 1. The third kappa shape index (κ3) is 4.70. The van der Waals surface area contributed by atoms with E-state index < -0.39 is 5.97 Å². The summed E-state index contributed by atoms with van der Waals surface area (Å²) in [4.78, 5) is 28.3. The Balaban J connectivity index is 1.75. The number of anilines is 3. The largest absolute Gasteiger partial charge is 0.465 e. The Bertz CT molecular complexity index is 986. The third-order valence-electron chi connectivity index (χ3n) is 3.85. The number of carbonyl (C=O) groups excluding carboxylic acids is 2. The Morgan fingerprint density at radius 2 is 1.63 bits per heavy atom. The number of nitrogens with one attached hydrogen (secondary N) is 2. The minimum absolute atomic E-state index is 0.322. The monoisotopic (exact) mass is 361 g/mol. The molecule has 0 fully saturated rings. The summed E-state index contributed by atoms with van der Waals surface area (Å²) in [6.45, 7) is 2.01. The Morgan fingerprint density at radius 1 is 0.889 bits per heavy atom. The molecule has 3 rings (SSSR count). The highest BCUT2D eigenvalue weighted by Crippen LogP contribution is 2.19. The summed E-state index contributed by atoms with van der Waals surface area (Å²) < 4.78 is 4.69. The van der Waals surface area contributed by atoms with Crippen molar-refractivity contribution in [2.24, 2.45) is 0 Å². The summed E-state index contributed by atoms with van der Waals surface area (Å²) in [6.07, 6.45) is 3.14. The lowest BCUT2D eigenvalue weighted by atomic mass is 10.2. The first-order valence-corrected chi connectivity index (χ1v) is 8.33. The number of nitrogens with zero attached hydrogens (tertiary/aromatic N) is 1. The zero-order chi connectivity index (χ0) is 19.2. The minimum Gasteiger partial charge on any atom is -0.465 e. The number of amides is 1. The van der Waals surface area contributed by atoms with Gasteiger partial charge >= 0.3 is 5.97 Å². The average Bonchev–Trinajstić information content (AvgIpc) is 2.68. The van der Waals surface area contributed by atoms with Gasteiger partial charge in [-0.1, -0.05) is 18.2 Å². The van der Waals surface area contributed by atoms with E-state index in [1.165, 1.54) is 13.3 Å². The number of hydrogen-bond acceptors (Lipinski definition) is 5. The predicted octanol–water partition coefficient (Wildman–Crippen LogP) is 4.17. The van der Waals surface area contributed by atoms with E-state index in [1.54, 1.807) is 36.5 Å². The van der Waals surface area contributed by atoms with Gasteiger partial charge in [0.15, 0.2) is 0 Å². The molecule has 0 saturated heterocycles. The number of aryl methyl sites for hydroxylation is 1. The Labute approximate surface area is 157 Å². The molecule has 3 aromatic rings. The second-order valence-corrected chi connectivity index (χ2v) is 5.98. The van der Waals surface area contributed by atoms with E-state index in [4.69, 9.17) is 4.74 Å². The van der Waals surface area contributed by atoms with Crippen LogP contribution in [0, 0.1) is 6.92 Å².